The van der Waals surface area contributed by atoms with Gasteiger partial charge in [0.25, 0.3) is 0 Å². The number of piperidine rings is 1. The van der Waals surface area contributed by atoms with Crippen molar-refractivity contribution in [2.24, 2.45) is 0 Å². The minimum absolute atomic E-state index is 0.550. The summed E-state index contributed by atoms with van der Waals surface area (Å²) in [5.41, 5.74) is 1.86. The Kier molecular flexibility index (Phi) is 5.24. The van der Waals surface area contributed by atoms with Crippen LogP contribution in [0.5, 0.6) is 0 Å². The van der Waals surface area contributed by atoms with Crippen LogP contribution in [-0.2, 0) is 0 Å². The summed E-state index contributed by atoms with van der Waals surface area (Å²) in [6.07, 6.45) is 4.88. The summed E-state index contributed by atoms with van der Waals surface area (Å²) in [6, 6.07) is 8.89. The smallest absolute Gasteiger partial charge is 0.101 e. The average molecular weight is 322 g/mol. The normalized spacial score (nSPS) is 19.2. The molecule has 19 heavy (non-hydrogen) atoms. The summed E-state index contributed by atoms with van der Waals surface area (Å²) in [7, 11) is 1.99. The van der Waals surface area contributed by atoms with Gasteiger partial charge in [0, 0.05) is 17.1 Å². The number of anilines is 1. The molecule has 1 aliphatic rings. The van der Waals surface area contributed by atoms with Crippen LogP contribution >= 0.6 is 15.9 Å². The van der Waals surface area contributed by atoms with Crippen molar-refractivity contribution in [3.05, 3.63) is 28.2 Å². The molecule has 3 nitrogen and oxygen atoms in total. The molecule has 1 aromatic rings. The molecule has 0 saturated carbocycles. The summed E-state index contributed by atoms with van der Waals surface area (Å²) in [6.45, 7) is 2.09. The Bertz CT molecular complexity index is 467. The van der Waals surface area contributed by atoms with Crippen molar-refractivity contribution in [2.75, 3.05) is 25.0 Å². The van der Waals surface area contributed by atoms with Gasteiger partial charge in [0.05, 0.1) is 11.3 Å². The van der Waals surface area contributed by atoms with Gasteiger partial charge >= 0.3 is 0 Å². The zero-order chi connectivity index (χ0) is 13.7. The number of benzene rings is 1. The van der Waals surface area contributed by atoms with E-state index in [-0.39, 0.29) is 0 Å². The molecule has 1 aromatic carbocycles. The molecule has 1 fully saturated rings. The van der Waals surface area contributed by atoms with E-state index in [1.54, 1.807) is 0 Å². The quantitative estimate of drug-likeness (QED) is 0.924. The topological polar surface area (TPSA) is 39.1 Å². The van der Waals surface area contributed by atoms with Crippen molar-refractivity contribution < 1.29 is 0 Å². The maximum atomic E-state index is 9.33. The fourth-order valence-electron chi connectivity index (χ4n) is 2.78. The standard InChI is InChI=1S/C15H20BrN3/c1-18-8-7-14-4-2-3-9-19(14)15-6-5-13(16)10-12(15)11-17/h5-6,10,14,18H,2-4,7-9H2,1H3. The van der Waals surface area contributed by atoms with Crippen molar-refractivity contribution in [1.82, 2.24) is 5.32 Å². The third-order valence-corrected chi connectivity index (χ3v) is 4.24. The Labute approximate surface area is 123 Å². The van der Waals surface area contributed by atoms with Gasteiger partial charge in [0.2, 0.25) is 0 Å². The average Bonchev–Trinajstić information content (AvgIpc) is 2.45. The lowest BCUT2D eigenvalue weighted by molar-refractivity contribution is 0.433. The Morgan fingerprint density at radius 3 is 3.05 bits per heavy atom. The summed E-state index contributed by atoms with van der Waals surface area (Å²) < 4.78 is 0.969. The zero-order valence-electron chi connectivity index (χ0n) is 11.3. The van der Waals surface area contributed by atoms with E-state index in [9.17, 15) is 5.26 Å². The molecule has 1 atom stereocenters. The van der Waals surface area contributed by atoms with Crippen LogP contribution in [0.2, 0.25) is 0 Å². The van der Waals surface area contributed by atoms with E-state index in [1.165, 1.54) is 19.3 Å². The summed E-state index contributed by atoms with van der Waals surface area (Å²) in [5.74, 6) is 0. The predicted molar refractivity (Wildman–Crippen MR) is 82.4 cm³/mol. The van der Waals surface area contributed by atoms with Gasteiger partial charge in [-0.1, -0.05) is 15.9 Å². The Morgan fingerprint density at radius 2 is 2.32 bits per heavy atom. The number of nitrogens with one attached hydrogen (secondary N) is 1. The summed E-state index contributed by atoms with van der Waals surface area (Å²) in [5, 5.41) is 12.6. The van der Waals surface area contributed by atoms with Gasteiger partial charge in [-0.2, -0.15) is 5.26 Å². The van der Waals surface area contributed by atoms with Gasteiger partial charge in [-0.05, 0) is 57.5 Å². The van der Waals surface area contributed by atoms with E-state index in [4.69, 9.17) is 0 Å². The molecule has 1 aliphatic heterocycles. The molecule has 0 aromatic heterocycles. The van der Waals surface area contributed by atoms with Crippen molar-refractivity contribution >= 4 is 21.6 Å². The second-order valence-corrected chi connectivity index (χ2v) is 5.92. The summed E-state index contributed by atoms with van der Waals surface area (Å²) >= 11 is 3.44. The van der Waals surface area contributed by atoms with Crippen LogP contribution in [0.3, 0.4) is 0 Å². The number of rotatable bonds is 4. The van der Waals surface area contributed by atoms with Gasteiger partial charge in [0.1, 0.15) is 6.07 Å². The Hall–Kier alpha value is -1.05. The lowest BCUT2D eigenvalue weighted by Gasteiger charge is -2.38. The first-order valence-corrected chi connectivity index (χ1v) is 7.66. The van der Waals surface area contributed by atoms with Crippen LogP contribution in [0.1, 0.15) is 31.2 Å². The molecule has 1 saturated heterocycles. The highest BCUT2D eigenvalue weighted by molar-refractivity contribution is 9.10. The van der Waals surface area contributed by atoms with Gasteiger partial charge in [-0.25, -0.2) is 0 Å². The van der Waals surface area contributed by atoms with Crippen molar-refractivity contribution in [3.8, 4) is 6.07 Å². The van der Waals surface area contributed by atoms with E-state index in [2.05, 4.69) is 38.3 Å². The number of hydrogen-bond acceptors (Lipinski definition) is 3. The largest absolute Gasteiger partial charge is 0.367 e. The molecule has 1 unspecified atom stereocenters. The highest BCUT2D eigenvalue weighted by Crippen LogP contribution is 2.30. The van der Waals surface area contributed by atoms with Crippen molar-refractivity contribution in [3.63, 3.8) is 0 Å². The third kappa shape index (κ3) is 3.49. The van der Waals surface area contributed by atoms with E-state index in [0.29, 0.717) is 6.04 Å². The van der Waals surface area contributed by atoms with E-state index < -0.39 is 0 Å². The molecular weight excluding hydrogens is 302 g/mol. The van der Waals surface area contributed by atoms with E-state index >= 15 is 0 Å². The first-order valence-electron chi connectivity index (χ1n) is 6.87. The molecule has 1 heterocycles. The number of halogens is 1. The van der Waals surface area contributed by atoms with Gasteiger partial charge in [-0.3, -0.25) is 0 Å². The second kappa shape index (κ2) is 6.93. The van der Waals surface area contributed by atoms with Crippen LogP contribution in [-0.4, -0.2) is 26.2 Å². The van der Waals surface area contributed by atoms with Gasteiger partial charge < -0.3 is 10.2 Å². The molecule has 2 rings (SSSR count). The van der Waals surface area contributed by atoms with Crippen LogP contribution in [0, 0.1) is 11.3 Å². The number of hydrogen-bond donors (Lipinski definition) is 1. The van der Waals surface area contributed by atoms with Gasteiger partial charge in [-0.15, -0.1) is 0 Å². The lowest BCUT2D eigenvalue weighted by Crippen LogP contribution is -2.41. The third-order valence-electron chi connectivity index (χ3n) is 3.74. The van der Waals surface area contributed by atoms with E-state index in [0.717, 1.165) is 35.2 Å². The molecule has 0 radical (unpaired) electrons. The Morgan fingerprint density at radius 1 is 1.47 bits per heavy atom. The monoisotopic (exact) mass is 321 g/mol. The predicted octanol–water partition coefficient (Wildman–Crippen LogP) is 3.29. The zero-order valence-corrected chi connectivity index (χ0v) is 12.9. The second-order valence-electron chi connectivity index (χ2n) is 5.01. The number of nitriles is 1. The minimum Gasteiger partial charge on any atom is -0.367 e. The maximum Gasteiger partial charge on any atom is 0.101 e. The first kappa shape index (κ1) is 14.4. The highest BCUT2D eigenvalue weighted by atomic mass is 79.9. The summed E-state index contributed by atoms with van der Waals surface area (Å²) in [4.78, 5) is 2.42. The molecule has 0 aliphatic carbocycles. The molecular formula is C15H20BrN3. The van der Waals surface area contributed by atoms with Crippen LogP contribution < -0.4 is 10.2 Å². The van der Waals surface area contributed by atoms with Crippen molar-refractivity contribution in [2.45, 2.75) is 31.7 Å². The minimum atomic E-state index is 0.550. The molecule has 1 N–H and O–H groups in total. The molecule has 0 amide bonds. The molecule has 4 heteroatoms. The highest BCUT2D eigenvalue weighted by Gasteiger charge is 2.24. The van der Waals surface area contributed by atoms with Crippen LogP contribution in [0.4, 0.5) is 5.69 Å². The lowest BCUT2D eigenvalue weighted by atomic mass is 9.97. The van der Waals surface area contributed by atoms with Crippen LogP contribution in [0.25, 0.3) is 0 Å². The SMILES string of the molecule is CNCCC1CCCCN1c1ccc(Br)cc1C#N. The Balaban J connectivity index is 2.24. The molecule has 0 spiro atoms. The fraction of sp³-hybridized carbons (Fsp3) is 0.533. The maximum absolute atomic E-state index is 9.33. The van der Waals surface area contributed by atoms with Crippen LogP contribution in [0.15, 0.2) is 22.7 Å². The number of nitrogens with zero attached hydrogens (tertiary/aromatic N) is 2. The molecule has 102 valence electrons. The van der Waals surface area contributed by atoms with E-state index in [1.807, 2.05) is 19.2 Å². The fourth-order valence-corrected chi connectivity index (χ4v) is 3.14. The van der Waals surface area contributed by atoms with Gasteiger partial charge in [0.15, 0.2) is 0 Å². The molecule has 0 bridgehead atoms. The first-order chi connectivity index (χ1) is 9.26. The van der Waals surface area contributed by atoms with Crippen molar-refractivity contribution in [1.29, 1.82) is 5.26 Å².